The van der Waals surface area contributed by atoms with Crippen LogP contribution in [0.25, 0.3) is 5.69 Å². The molecule has 0 amide bonds. The molecule has 6 nitrogen and oxygen atoms in total. The van der Waals surface area contributed by atoms with Crippen molar-refractivity contribution >= 4 is 5.96 Å². The third-order valence-electron chi connectivity index (χ3n) is 3.32. The average molecular weight is 285 g/mol. The lowest BCUT2D eigenvalue weighted by Crippen LogP contribution is -2.37. The molecule has 1 aromatic carbocycles. The molecule has 1 atom stereocenters. The van der Waals surface area contributed by atoms with Crippen molar-refractivity contribution in [2.24, 2.45) is 4.99 Å². The number of benzene rings is 1. The van der Waals surface area contributed by atoms with Gasteiger partial charge in [-0.2, -0.15) is 5.10 Å². The van der Waals surface area contributed by atoms with Crippen LogP contribution < -0.4 is 15.4 Å². The second kappa shape index (κ2) is 5.87. The highest BCUT2D eigenvalue weighted by Crippen LogP contribution is 2.14. The highest BCUT2D eigenvalue weighted by molar-refractivity contribution is 5.81. The first kappa shape index (κ1) is 13.5. The lowest BCUT2D eigenvalue weighted by molar-refractivity contribution is 0.414. The summed E-state index contributed by atoms with van der Waals surface area (Å²) >= 11 is 0. The number of guanidine groups is 1. The van der Waals surface area contributed by atoms with Gasteiger partial charge in [-0.3, -0.25) is 4.99 Å². The summed E-state index contributed by atoms with van der Waals surface area (Å²) in [6, 6.07) is 10.2. The fraction of sp³-hybridized carbons (Fsp3) is 0.333. The largest absolute Gasteiger partial charge is 0.497 e. The lowest BCUT2D eigenvalue weighted by atomic mass is 10.3. The van der Waals surface area contributed by atoms with Gasteiger partial charge in [0.2, 0.25) is 0 Å². The molecular formula is C15H19N5O. The Morgan fingerprint density at radius 2 is 2.14 bits per heavy atom. The summed E-state index contributed by atoms with van der Waals surface area (Å²) in [7, 11) is 1.66. The first-order valence-electron chi connectivity index (χ1n) is 6.98. The van der Waals surface area contributed by atoms with Gasteiger partial charge in [0.05, 0.1) is 31.6 Å². The third-order valence-corrected chi connectivity index (χ3v) is 3.32. The first-order valence-corrected chi connectivity index (χ1v) is 6.98. The van der Waals surface area contributed by atoms with Crippen LogP contribution in [0.1, 0.15) is 12.6 Å². The summed E-state index contributed by atoms with van der Waals surface area (Å²) in [4.78, 5) is 4.36. The highest BCUT2D eigenvalue weighted by Gasteiger charge is 2.12. The Labute approximate surface area is 123 Å². The van der Waals surface area contributed by atoms with E-state index < -0.39 is 0 Å². The maximum absolute atomic E-state index is 5.15. The van der Waals surface area contributed by atoms with Crippen molar-refractivity contribution in [1.82, 2.24) is 20.4 Å². The molecule has 1 unspecified atom stereocenters. The fourth-order valence-electron chi connectivity index (χ4n) is 2.17. The minimum atomic E-state index is 0.407. The molecule has 1 aromatic heterocycles. The van der Waals surface area contributed by atoms with E-state index in [1.54, 1.807) is 7.11 Å². The summed E-state index contributed by atoms with van der Waals surface area (Å²) in [6.07, 6.45) is 1.95. The summed E-state index contributed by atoms with van der Waals surface area (Å²) in [5.74, 6) is 1.69. The second-order valence-electron chi connectivity index (χ2n) is 5.04. The van der Waals surface area contributed by atoms with E-state index in [1.165, 1.54) is 0 Å². The zero-order valence-electron chi connectivity index (χ0n) is 12.2. The Bertz CT molecular complexity index is 632. The van der Waals surface area contributed by atoms with Crippen LogP contribution in [0.15, 0.2) is 41.5 Å². The molecule has 110 valence electrons. The van der Waals surface area contributed by atoms with Crippen molar-refractivity contribution in [2.45, 2.75) is 19.5 Å². The molecule has 2 N–H and O–H groups in total. The Hall–Kier alpha value is -2.50. The van der Waals surface area contributed by atoms with Gasteiger partial charge in [-0.15, -0.1) is 0 Å². The average Bonchev–Trinajstić information content (AvgIpc) is 3.14. The van der Waals surface area contributed by atoms with Crippen LogP contribution in [0.2, 0.25) is 0 Å². The summed E-state index contributed by atoms with van der Waals surface area (Å²) < 4.78 is 7.00. The minimum absolute atomic E-state index is 0.407. The molecule has 1 aliphatic heterocycles. The number of aromatic nitrogens is 2. The van der Waals surface area contributed by atoms with Crippen molar-refractivity contribution in [1.29, 1.82) is 0 Å². The van der Waals surface area contributed by atoms with Crippen LogP contribution in [-0.4, -0.2) is 35.4 Å². The minimum Gasteiger partial charge on any atom is -0.497 e. The molecular weight excluding hydrogens is 266 g/mol. The Kier molecular flexibility index (Phi) is 3.77. The van der Waals surface area contributed by atoms with Crippen molar-refractivity contribution < 1.29 is 4.74 Å². The standard InChI is InChI=1S/C15H19N5O/c1-11-9-16-15(18-11)17-10-12-7-8-20(19-12)13-3-5-14(21-2)6-4-13/h3-8,11H,9-10H2,1-2H3,(H2,16,17,18). The van der Waals surface area contributed by atoms with E-state index in [4.69, 9.17) is 4.74 Å². The van der Waals surface area contributed by atoms with Gasteiger partial charge in [0, 0.05) is 12.2 Å². The van der Waals surface area contributed by atoms with Crippen molar-refractivity contribution in [3.8, 4) is 11.4 Å². The summed E-state index contributed by atoms with van der Waals surface area (Å²) in [5, 5.41) is 11.1. The SMILES string of the molecule is COc1ccc(-n2ccc(CNC3=NCC(C)N3)n2)cc1. The zero-order valence-corrected chi connectivity index (χ0v) is 12.2. The third kappa shape index (κ3) is 3.16. The molecule has 1 aliphatic rings. The zero-order chi connectivity index (χ0) is 14.7. The van der Waals surface area contributed by atoms with Gasteiger partial charge in [-0.05, 0) is 37.3 Å². The van der Waals surface area contributed by atoms with Crippen molar-refractivity contribution in [3.63, 3.8) is 0 Å². The number of aliphatic imine (C=N–C) groups is 1. The maximum atomic E-state index is 5.15. The Morgan fingerprint density at radius 3 is 2.81 bits per heavy atom. The lowest BCUT2D eigenvalue weighted by Gasteiger charge is -2.07. The van der Waals surface area contributed by atoms with Gasteiger partial charge >= 0.3 is 0 Å². The molecule has 0 spiro atoms. The normalized spacial score (nSPS) is 17.2. The van der Waals surface area contributed by atoms with Crippen LogP contribution in [0, 0.1) is 0 Å². The van der Waals surface area contributed by atoms with E-state index in [-0.39, 0.29) is 0 Å². The van der Waals surface area contributed by atoms with E-state index in [2.05, 4.69) is 27.6 Å². The molecule has 2 heterocycles. The Morgan fingerprint density at radius 1 is 1.33 bits per heavy atom. The van der Waals surface area contributed by atoms with E-state index >= 15 is 0 Å². The predicted molar refractivity (Wildman–Crippen MR) is 81.9 cm³/mol. The molecule has 0 fully saturated rings. The highest BCUT2D eigenvalue weighted by atomic mass is 16.5. The molecule has 21 heavy (non-hydrogen) atoms. The molecule has 0 aliphatic carbocycles. The number of hydrogen-bond acceptors (Lipinski definition) is 5. The van der Waals surface area contributed by atoms with Crippen LogP contribution in [0.5, 0.6) is 5.75 Å². The van der Waals surface area contributed by atoms with Crippen LogP contribution in [0.4, 0.5) is 0 Å². The van der Waals surface area contributed by atoms with Gasteiger partial charge in [-0.25, -0.2) is 4.68 Å². The number of nitrogens with one attached hydrogen (secondary N) is 2. The van der Waals surface area contributed by atoms with Crippen LogP contribution in [0.3, 0.4) is 0 Å². The van der Waals surface area contributed by atoms with E-state index in [0.717, 1.165) is 29.6 Å². The molecule has 0 saturated heterocycles. The fourth-order valence-corrected chi connectivity index (χ4v) is 2.17. The molecule has 0 saturated carbocycles. The number of hydrogen-bond donors (Lipinski definition) is 2. The Balaban J connectivity index is 1.62. The van der Waals surface area contributed by atoms with E-state index in [9.17, 15) is 0 Å². The number of rotatable bonds is 4. The van der Waals surface area contributed by atoms with Crippen LogP contribution in [-0.2, 0) is 6.54 Å². The summed E-state index contributed by atoms with van der Waals surface area (Å²) in [6.45, 7) is 3.58. The molecule has 2 aromatic rings. The quantitative estimate of drug-likeness (QED) is 0.889. The van der Waals surface area contributed by atoms with Gasteiger partial charge < -0.3 is 15.4 Å². The number of methoxy groups -OCH3 is 1. The summed E-state index contributed by atoms with van der Waals surface area (Å²) in [5.41, 5.74) is 1.97. The topological polar surface area (TPSA) is 63.5 Å². The van der Waals surface area contributed by atoms with Gasteiger partial charge in [-0.1, -0.05) is 0 Å². The molecule has 3 rings (SSSR count). The van der Waals surface area contributed by atoms with Gasteiger partial charge in [0.25, 0.3) is 0 Å². The van der Waals surface area contributed by atoms with E-state index in [1.807, 2.05) is 41.2 Å². The van der Waals surface area contributed by atoms with Crippen molar-refractivity contribution in [3.05, 3.63) is 42.2 Å². The number of ether oxygens (including phenoxy) is 1. The van der Waals surface area contributed by atoms with E-state index in [0.29, 0.717) is 12.6 Å². The molecule has 6 heteroatoms. The molecule has 0 bridgehead atoms. The second-order valence-corrected chi connectivity index (χ2v) is 5.04. The predicted octanol–water partition coefficient (Wildman–Crippen LogP) is 1.32. The van der Waals surface area contributed by atoms with Crippen LogP contribution >= 0.6 is 0 Å². The van der Waals surface area contributed by atoms with Gasteiger partial charge in [0.1, 0.15) is 5.75 Å². The first-order chi connectivity index (χ1) is 10.2. The smallest absolute Gasteiger partial charge is 0.191 e. The maximum Gasteiger partial charge on any atom is 0.191 e. The number of nitrogens with zero attached hydrogens (tertiary/aromatic N) is 3. The van der Waals surface area contributed by atoms with Crippen molar-refractivity contribution in [2.75, 3.05) is 13.7 Å². The molecule has 0 radical (unpaired) electrons. The monoisotopic (exact) mass is 285 g/mol. The van der Waals surface area contributed by atoms with Gasteiger partial charge in [0.15, 0.2) is 5.96 Å².